The summed E-state index contributed by atoms with van der Waals surface area (Å²) in [5, 5.41) is 4.26. The highest BCUT2D eigenvalue weighted by Crippen LogP contribution is 2.30. The van der Waals surface area contributed by atoms with E-state index in [0.29, 0.717) is 27.8 Å². The largest absolute Gasteiger partial charge is 0.275 e. The van der Waals surface area contributed by atoms with Gasteiger partial charge in [-0.15, -0.1) is 0 Å². The fourth-order valence-corrected chi connectivity index (χ4v) is 4.05. The highest BCUT2D eigenvalue weighted by molar-refractivity contribution is 7.90. The second kappa shape index (κ2) is 8.28. The van der Waals surface area contributed by atoms with Gasteiger partial charge in [-0.25, -0.2) is 17.5 Å². The maximum absolute atomic E-state index is 14.1. The average Bonchev–Trinajstić information content (AvgIpc) is 2.76. The Labute approximate surface area is 179 Å². The lowest BCUT2D eigenvalue weighted by molar-refractivity contribution is 0.573. The van der Waals surface area contributed by atoms with Crippen LogP contribution >= 0.6 is 0 Å². The van der Waals surface area contributed by atoms with Crippen molar-refractivity contribution in [2.45, 2.75) is 11.4 Å². The molecule has 0 aliphatic rings. The van der Waals surface area contributed by atoms with Gasteiger partial charge in [-0.2, -0.15) is 5.10 Å². The van der Waals surface area contributed by atoms with Crippen molar-refractivity contribution in [1.82, 2.24) is 9.78 Å². The van der Waals surface area contributed by atoms with Crippen molar-refractivity contribution in [3.63, 3.8) is 0 Å². The standard InChI is InChI=1S/C24H19FN2O3S/c1-31(29,30)20-12-7-11-18(14-20)21-15-26-27(16-19-10-5-6-13-22(19)25)24(28)23(21)17-8-3-2-4-9-17/h2-15H,16H2,1H3. The molecule has 0 bridgehead atoms. The first-order chi connectivity index (χ1) is 14.8. The molecule has 1 aromatic heterocycles. The van der Waals surface area contributed by atoms with E-state index in [4.69, 9.17) is 0 Å². The van der Waals surface area contributed by atoms with Crippen molar-refractivity contribution in [2.75, 3.05) is 6.26 Å². The first kappa shape index (κ1) is 20.7. The summed E-state index contributed by atoms with van der Waals surface area (Å²) in [4.78, 5) is 13.6. The molecule has 7 heteroatoms. The van der Waals surface area contributed by atoms with Crippen molar-refractivity contribution < 1.29 is 12.8 Å². The second-order valence-electron chi connectivity index (χ2n) is 7.15. The molecular weight excluding hydrogens is 415 g/mol. The zero-order valence-electron chi connectivity index (χ0n) is 16.7. The average molecular weight is 434 g/mol. The van der Waals surface area contributed by atoms with Crippen LogP contribution in [0.25, 0.3) is 22.3 Å². The quantitative estimate of drug-likeness (QED) is 0.473. The van der Waals surface area contributed by atoms with Crippen molar-refractivity contribution in [2.24, 2.45) is 0 Å². The lowest BCUT2D eigenvalue weighted by Crippen LogP contribution is -2.26. The molecule has 4 aromatic rings. The monoisotopic (exact) mass is 434 g/mol. The maximum Gasteiger partial charge on any atom is 0.275 e. The first-order valence-electron chi connectivity index (χ1n) is 9.54. The molecule has 0 fully saturated rings. The summed E-state index contributed by atoms with van der Waals surface area (Å²) in [7, 11) is -3.42. The van der Waals surface area contributed by atoms with Crippen LogP contribution in [0.2, 0.25) is 0 Å². The summed E-state index contributed by atoms with van der Waals surface area (Å²) in [5.41, 5.74) is 2.06. The molecule has 4 rings (SSSR count). The minimum absolute atomic E-state index is 0.0189. The molecule has 0 N–H and O–H groups in total. The van der Waals surface area contributed by atoms with Crippen molar-refractivity contribution in [3.05, 3.63) is 107 Å². The van der Waals surface area contributed by atoms with E-state index in [9.17, 15) is 17.6 Å². The fraction of sp³-hybridized carbons (Fsp3) is 0.0833. The number of hydrogen-bond acceptors (Lipinski definition) is 4. The van der Waals surface area contributed by atoms with Crippen LogP contribution in [-0.4, -0.2) is 24.5 Å². The smallest absolute Gasteiger partial charge is 0.267 e. The second-order valence-corrected chi connectivity index (χ2v) is 9.17. The summed E-state index contributed by atoms with van der Waals surface area (Å²) in [6.07, 6.45) is 2.65. The molecule has 0 spiro atoms. The molecule has 0 aliphatic carbocycles. The number of rotatable bonds is 5. The number of hydrogen-bond donors (Lipinski definition) is 0. The van der Waals surface area contributed by atoms with E-state index in [1.807, 2.05) is 18.2 Å². The van der Waals surface area contributed by atoms with Crippen molar-refractivity contribution in [3.8, 4) is 22.3 Å². The van der Waals surface area contributed by atoms with Crippen LogP contribution in [0.1, 0.15) is 5.56 Å². The van der Waals surface area contributed by atoms with Crippen LogP contribution in [0, 0.1) is 5.82 Å². The summed E-state index contributed by atoms with van der Waals surface area (Å²) in [6, 6.07) is 21.7. The Morgan fingerprint density at radius 1 is 0.903 bits per heavy atom. The summed E-state index contributed by atoms with van der Waals surface area (Å²) in [6.45, 7) is -0.0189. The third-order valence-corrected chi connectivity index (χ3v) is 6.07. The van der Waals surface area contributed by atoms with Gasteiger partial charge in [-0.05, 0) is 29.3 Å². The van der Waals surface area contributed by atoms with Crippen molar-refractivity contribution in [1.29, 1.82) is 0 Å². The molecule has 156 valence electrons. The number of benzene rings is 3. The molecular formula is C24H19FN2O3S. The van der Waals surface area contributed by atoms with E-state index < -0.39 is 21.2 Å². The van der Waals surface area contributed by atoms with Gasteiger partial charge in [0.2, 0.25) is 0 Å². The zero-order chi connectivity index (χ0) is 22.0. The molecule has 1 heterocycles. The van der Waals surface area contributed by atoms with Gasteiger partial charge in [0.1, 0.15) is 5.82 Å². The van der Waals surface area contributed by atoms with E-state index in [1.165, 1.54) is 29.1 Å². The predicted octanol–water partition coefficient (Wildman–Crippen LogP) is 4.17. The molecule has 0 unspecified atom stereocenters. The molecule has 0 radical (unpaired) electrons. The topological polar surface area (TPSA) is 69.0 Å². The number of nitrogens with zero attached hydrogens (tertiary/aromatic N) is 2. The molecule has 31 heavy (non-hydrogen) atoms. The van der Waals surface area contributed by atoms with Crippen LogP contribution in [0.4, 0.5) is 4.39 Å². The van der Waals surface area contributed by atoms with E-state index >= 15 is 0 Å². The minimum atomic E-state index is -3.42. The number of halogens is 1. The van der Waals surface area contributed by atoms with Gasteiger partial charge in [0, 0.05) is 17.4 Å². The Hall–Kier alpha value is -3.58. The van der Waals surface area contributed by atoms with Gasteiger partial charge in [-0.3, -0.25) is 4.79 Å². The van der Waals surface area contributed by atoms with Gasteiger partial charge >= 0.3 is 0 Å². The van der Waals surface area contributed by atoms with Gasteiger partial charge in [0.25, 0.3) is 5.56 Å². The van der Waals surface area contributed by atoms with Crippen LogP contribution in [0.15, 0.2) is 94.7 Å². The normalized spacial score (nSPS) is 11.4. The Morgan fingerprint density at radius 3 is 2.29 bits per heavy atom. The Bertz CT molecular complexity index is 1410. The highest BCUT2D eigenvalue weighted by Gasteiger charge is 2.17. The predicted molar refractivity (Wildman–Crippen MR) is 118 cm³/mol. The van der Waals surface area contributed by atoms with Crippen LogP contribution in [0.5, 0.6) is 0 Å². The van der Waals surface area contributed by atoms with E-state index in [0.717, 1.165) is 6.26 Å². The third kappa shape index (κ3) is 4.32. The molecule has 0 atom stereocenters. The van der Waals surface area contributed by atoms with E-state index in [1.54, 1.807) is 42.5 Å². The summed E-state index contributed by atoms with van der Waals surface area (Å²) < 4.78 is 39.4. The van der Waals surface area contributed by atoms with Gasteiger partial charge in [0.15, 0.2) is 9.84 Å². The molecule has 0 amide bonds. The zero-order valence-corrected chi connectivity index (χ0v) is 17.5. The summed E-state index contributed by atoms with van der Waals surface area (Å²) >= 11 is 0. The van der Waals surface area contributed by atoms with Crippen LogP contribution in [-0.2, 0) is 16.4 Å². The van der Waals surface area contributed by atoms with Gasteiger partial charge in [-0.1, -0.05) is 60.7 Å². The SMILES string of the molecule is CS(=O)(=O)c1cccc(-c2cnn(Cc3ccccc3F)c(=O)c2-c2ccccc2)c1. The summed E-state index contributed by atoms with van der Waals surface area (Å²) in [5.74, 6) is -0.414. The molecule has 0 aliphatic heterocycles. The van der Waals surface area contributed by atoms with Crippen LogP contribution in [0.3, 0.4) is 0 Å². The first-order valence-corrected chi connectivity index (χ1v) is 11.4. The lowest BCUT2D eigenvalue weighted by atomic mass is 9.97. The Kier molecular flexibility index (Phi) is 5.52. The van der Waals surface area contributed by atoms with E-state index in [-0.39, 0.29) is 11.4 Å². The number of sulfone groups is 1. The molecule has 0 saturated carbocycles. The maximum atomic E-state index is 14.1. The minimum Gasteiger partial charge on any atom is -0.267 e. The van der Waals surface area contributed by atoms with Crippen molar-refractivity contribution >= 4 is 9.84 Å². The van der Waals surface area contributed by atoms with Gasteiger partial charge in [0.05, 0.1) is 23.2 Å². The fourth-order valence-electron chi connectivity index (χ4n) is 3.39. The third-order valence-electron chi connectivity index (χ3n) is 4.96. The number of aromatic nitrogens is 2. The van der Waals surface area contributed by atoms with E-state index in [2.05, 4.69) is 5.10 Å². The highest BCUT2D eigenvalue weighted by atomic mass is 32.2. The molecule has 0 saturated heterocycles. The van der Waals surface area contributed by atoms with Crippen LogP contribution < -0.4 is 5.56 Å². The Morgan fingerprint density at radius 2 is 1.58 bits per heavy atom. The Balaban J connectivity index is 1.92. The molecule has 3 aromatic carbocycles. The van der Waals surface area contributed by atoms with Gasteiger partial charge < -0.3 is 0 Å². The molecule has 5 nitrogen and oxygen atoms in total. The lowest BCUT2D eigenvalue weighted by Gasteiger charge is -2.13.